The predicted octanol–water partition coefficient (Wildman–Crippen LogP) is 2.03. The van der Waals surface area contributed by atoms with Gasteiger partial charge in [0.05, 0.1) is 12.1 Å². The molecule has 1 atom stereocenters. The molecule has 1 aromatic heterocycles. The number of nitrogens with one attached hydrogen (secondary N) is 1. The third-order valence-corrected chi connectivity index (χ3v) is 4.69. The molecular formula is C17H27IN4O2. The molecule has 1 aliphatic carbocycles. The van der Waals surface area contributed by atoms with Gasteiger partial charge in [-0.1, -0.05) is 18.9 Å². The first-order valence-electron chi connectivity index (χ1n) is 8.44. The van der Waals surface area contributed by atoms with Gasteiger partial charge in [-0.05, 0) is 18.9 Å². The van der Waals surface area contributed by atoms with Crippen LogP contribution < -0.4 is 10.1 Å². The van der Waals surface area contributed by atoms with Crippen molar-refractivity contribution in [3.8, 4) is 5.88 Å². The van der Waals surface area contributed by atoms with Gasteiger partial charge < -0.3 is 20.1 Å². The number of aliphatic hydroxyl groups is 1. The number of halogens is 1. The number of aliphatic imine (C=N–C) groups is 1. The van der Waals surface area contributed by atoms with Crippen LogP contribution in [0.15, 0.2) is 29.4 Å². The lowest BCUT2D eigenvalue weighted by atomic mass is 10.0. The summed E-state index contributed by atoms with van der Waals surface area (Å²) in [5, 5.41) is 13.8. The quantitative estimate of drug-likeness (QED) is 0.421. The number of hydrogen-bond donors (Lipinski definition) is 2. The first kappa shape index (κ1) is 19.2. The molecule has 3 rings (SSSR count). The lowest BCUT2D eigenvalue weighted by molar-refractivity contribution is 0.0516. The third kappa shape index (κ3) is 4.95. The molecule has 24 heavy (non-hydrogen) atoms. The van der Waals surface area contributed by atoms with Gasteiger partial charge >= 0.3 is 0 Å². The van der Waals surface area contributed by atoms with Crippen molar-refractivity contribution < 1.29 is 9.84 Å². The monoisotopic (exact) mass is 446 g/mol. The minimum Gasteiger partial charge on any atom is -0.472 e. The zero-order valence-electron chi connectivity index (χ0n) is 14.1. The highest BCUT2D eigenvalue weighted by molar-refractivity contribution is 14.0. The van der Waals surface area contributed by atoms with Crippen molar-refractivity contribution >= 4 is 29.9 Å². The van der Waals surface area contributed by atoms with E-state index in [0.29, 0.717) is 12.4 Å². The molecule has 0 amide bonds. The van der Waals surface area contributed by atoms with Gasteiger partial charge in [-0.3, -0.25) is 4.99 Å². The number of hydrogen-bond acceptors (Lipinski definition) is 4. The third-order valence-electron chi connectivity index (χ3n) is 4.69. The number of pyridine rings is 1. The number of likely N-dealkylation sites (tertiary alicyclic amines) is 1. The Kier molecular flexibility index (Phi) is 7.09. The van der Waals surface area contributed by atoms with Crippen LogP contribution in [0.25, 0.3) is 0 Å². The molecule has 0 spiro atoms. The Balaban J connectivity index is 0.00000208. The Hall–Kier alpha value is -1.09. The summed E-state index contributed by atoms with van der Waals surface area (Å²) in [4.78, 5) is 10.7. The lowest BCUT2D eigenvalue weighted by Gasteiger charge is -2.27. The Morgan fingerprint density at radius 3 is 2.92 bits per heavy atom. The molecule has 2 N–H and O–H groups in total. The first-order chi connectivity index (χ1) is 11.2. The first-order valence-corrected chi connectivity index (χ1v) is 8.44. The molecule has 1 saturated carbocycles. The average molecular weight is 446 g/mol. The van der Waals surface area contributed by atoms with Crippen molar-refractivity contribution in [1.29, 1.82) is 0 Å². The second kappa shape index (κ2) is 8.84. The molecule has 134 valence electrons. The van der Waals surface area contributed by atoms with Crippen LogP contribution in [0, 0.1) is 0 Å². The zero-order valence-corrected chi connectivity index (χ0v) is 16.5. The molecule has 6 nitrogen and oxygen atoms in total. The average Bonchev–Trinajstić information content (AvgIpc) is 3.19. The van der Waals surface area contributed by atoms with Gasteiger partial charge in [0, 0.05) is 38.8 Å². The molecule has 0 radical (unpaired) electrons. The van der Waals surface area contributed by atoms with E-state index >= 15 is 0 Å². The van der Waals surface area contributed by atoms with Gasteiger partial charge in [0.25, 0.3) is 0 Å². The highest BCUT2D eigenvalue weighted by Crippen LogP contribution is 2.28. The molecule has 2 aliphatic rings. The molecule has 0 bridgehead atoms. The van der Waals surface area contributed by atoms with Gasteiger partial charge in [0.2, 0.25) is 5.88 Å². The molecule has 2 heterocycles. The van der Waals surface area contributed by atoms with E-state index in [1.807, 2.05) is 18.2 Å². The fraction of sp³-hybridized carbons (Fsp3) is 0.647. The molecule has 1 aromatic rings. The summed E-state index contributed by atoms with van der Waals surface area (Å²) in [6.45, 7) is 2.26. The maximum atomic E-state index is 10.5. The van der Waals surface area contributed by atoms with E-state index < -0.39 is 5.60 Å². The van der Waals surface area contributed by atoms with E-state index in [9.17, 15) is 5.11 Å². The van der Waals surface area contributed by atoms with Crippen molar-refractivity contribution in [2.24, 2.45) is 4.99 Å². The van der Waals surface area contributed by atoms with E-state index in [1.165, 1.54) is 0 Å². The fourth-order valence-corrected chi connectivity index (χ4v) is 3.39. The number of rotatable bonds is 4. The minimum absolute atomic E-state index is 0. The molecule has 0 aromatic carbocycles. The van der Waals surface area contributed by atoms with E-state index in [4.69, 9.17) is 4.74 Å². The summed E-state index contributed by atoms with van der Waals surface area (Å²) < 4.78 is 5.91. The smallest absolute Gasteiger partial charge is 0.213 e. The van der Waals surface area contributed by atoms with Crippen molar-refractivity contribution in [3.63, 3.8) is 0 Å². The van der Waals surface area contributed by atoms with Crippen molar-refractivity contribution in [3.05, 3.63) is 24.4 Å². The van der Waals surface area contributed by atoms with E-state index in [1.54, 1.807) is 13.2 Å². The second-order valence-electron chi connectivity index (χ2n) is 6.47. The Morgan fingerprint density at radius 1 is 1.46 bits per heavy atom. The number of guanidine groups is 1. The normalized spacial score (nSPS) is 23.0. The van der Waals surface area contributed by atoms with Gasteiger partial charge in [-0.2, -0.15) is 0 Å². The van der Waals surface area contributed by atoms with Crippen molar-refractivity contribution in [2.45, 2.75) is 43.8 Å². The van der Waals surface area contributed by atoms with Gasteiger partial charge in [0.15, 0.2) is 5.96 Å². The van der Waals surface area contributed by atoms with Crippen molar-refractivity contribution in [1.82, 2.24) is 15.2 Å². The molecule has 7 heteroatoms. The van der Waals surface area contributed by atoms with E-state index in [-0.39, 0.29) is 30.1 Å². The summed E-state index contributed by atoms with van der Waals surface area (Å²) in [5.74, 6) is 1.51. The largest absolute Gasteiger partial charge is 0.472 e. The lowest BCUT2D eigenvalue weighted by Crippen LogP contribution is -2.47. The topological polar surface area (TPSA) is 70.0 Å². The van der Waals surface area contributed by atoms with E-state index in [2.05, 4.69) is 20.2 Å². The van der Waals surface area contributed by atoms with Gasteiger partial charge in [0.1, 0.15) is 6.10 Å². The standard InChI is InChI=1S/C17H26N4O2.HI/c1-18-16(20-13-17(22)8-3-4-9-17)21-11-7-14(12-21)23-15-6-2-5-10-19-15;/h2,5-6,10,14,22H,3-4,7-9,11-13H2,1H3,(H,18,20);1H. The molecule has 1 unspecified atom stereocenters. The number of nitrogens with zero attached hydrogens (tertiary/aromatic N) is 3. The van der Waals surface area contributed by atoms with Crippen LogP contribution in [0.3, 0.4) is 0 Å². The highest BCUT2D eigenvalue weighted by atomic mass is 127. The fourth-order valence-electron chi connectivity index (χ4n) is 3.39. The van der Waals surface area contributed by atoms with Crippen LogP contribution >= 0.6 is 24.0 Å². The van der Waals surface area contributed by atoms with Crippen LogP contribution in [-0.2, 0) is 0 Å². The van der Waals surface area contributed by atoms with Crippen LogP contribution in [0.5, 0.6) is 5.88 Å². The van der Waals surface area contributed by atoms with Crippen molar-refractivity contribution in [2.75, 3.05) is 26.7 Å². The van der Waals surface area contributed by atoms with Crippen LogP contribution in [0.2, 0.25) is 0 Å². The molecule has 1 aliphatic heterocycles. The second-order valence-corrected chi connectivity index (χ2v) is 6.47. The molecule has 2 fully saturated rings. The van der Waals surface area contributed by atoms with E-state index in [0.717, 1.165) is 51.2 Å². The number of ether oxygens (including phenoxy) is 1. The maximum absolute atomic E-state index is 10.5. The van der Waals surface area contributed by atoms with Crippen LogP contribution in [0.1, 0.15) is 32.1 Å². The molecular weight excluding hydrogens is 419 g/mol. The Bertz CT molecular complexity index is 535. The Labute approximate surface area is 160 Å². The van der Waals surface area contributed by atoms with Crippen LogP contribution in [0.4, 0.5) is 0 Å². The Morgan fingerprint density at radius 2 is 2.25 bits per heavy atom. The summed E-state index contributed by atoms with van der Waals surface area (Å²) in [5.41, 5.74) is -0.570. The van der Waals surface area contributed by atoms with Gasteiger partial charge in [-0.15, -0.1) is 24.0 Å². The highest BCUT2D eigenvalue weighted by Gasteiger charge is 2.32. The molecule has 1 saturated heterocycles. The number of aromatic nitrogens is 1. The summed E-state index contributed by atoms with van der Waals surface area (Å²) in [7, 11) is 1.79. The zero-order chi connectivity index (χ0) is 16.1. The SMILES string of the molecule is CN=C(NCC1(O)CCCC1)N1CCC(Oc2ccccn2)C1.I. The minimum atomic E-state index is -0.570. The summed E-state index contributed by atoms with van der Waals surface area (Å²) in [6, 6.07) is 5.69. The predicted molar refractivity (Wildman–Crippen MR) is 105 cm³/mol. The van der Waals surface area contributed by atoms with Gasteiger partial charge in [-0.25, -0.2) is 4.98 Å². The van der Waals surface area contributed by atoms with Crippen LogP contribution in [-0.4, -0.2) is 59.3 Å². The maximum Gasteiger partial charge on any atom is 0.213 e. The summed E-state index contributed by atoms with van der Waals surface area (Å²) >= 11 is 0. The summed E-state index contributed by atoms with van der Waals surface area (Å²) in [6.07, 6.45) is 6.79.